The molecule has 1 aromatic rings. The number of carbonyl (C=O) groups is 1. The number of nitro groups is 1. The predicted octanol–water partition coefficient (Wildman–Crippen LogP) is 2.28. The van der Waals surface area contributed by atoms with E-state index < -0.39 is 10.9 Å². The molecule has 17 heavy (non-hydrogen) atoms. The van der Waals surface area contributed by atoms with E-state index in [9.17, 15) is 14.9 Å². The van der Waals surface area contributed by atoms with E-state index >= 15 is 0 Å². The van der Waals surface area contributed by atoms with Gasteiger partial charge >= 0.3 is 5.97 Å². The summed E-state index contributed by atoms with van der Waals surface area (Å²) in [6, 6.07) is 3.57. The summed E-state index contributed by atoms with van der Waals surface area (Å²) in [5.41, 5.74) is 0.860. The zero-order chi connectivity index (χ0) is 13.0. The lowest BCUT2D eigenvalue weighted by Gasteiger charge is -2.08. The molecule has 6 heteroatoms. The summed E-state index contributed by atoms with van der Waals surface area (Å²) in [7, 11) is 0. The normalized spacial score (nSPS) is 9.71. The molecule has 0 aliphatic heterocycles. The highest BCUT2D eigenvalue weighted by molar-refractivity contribution is 5.94. The maximum Gasteiger partial charge on any atom is 0.337 e. The molecule has 0 bridgehead atoms. The molecule has 0 amide bonds. The van der Waals surface area contributed by atoms with Crippen LogP contribution in [0.15, 0.2) is 30.4 Å². The number of carboxylic acid groups (broad SMARTS) is 1. The van der Waals surface area contributed by atoms with Gasteiger partial charge in [-0.1, -0.05) is 12.2 Å². The van der Waals surface area contributed by atoms with E-state index in [-0.39, 0.29) is 16.9 Å². The van der Waals surface area contributed by atoms with E-state index in [4.69, 9.17) is 5.11 Å². The fourth-order valence-electron chi connectivity index (χ4n) is 1.22. The monoisotopic (exact) mass is 236 g/mol. The van der Waals surface area contributed by atoms with E-state index in [0.29, 0.717) is 6.54 Å². The molecule has 0 heterocycles. The molecule has 0 spiro atoms. The van der Waals surface area contributed by atoms with E-state index in [1.165, 1.54) is 12.1 Å². The first-order chi connectivity index (χ1) is 7.91. The molecular formula is C11H12N2O4. The fraction of sp³-hybridized carbons (Fsp3) is 0.182. The van der Waals surface area contributed by atoms with E-state index in [1.807, 2.05) is 0 Å². The molecule has 0 atom stereocenters. The van der Waals surface area contributed by atoms with Crippen molar-refractivity contribution in [3.63, 3.8) is 0 Å². The second kappa shape index (κ2) is 5.11. The summed E-state index contributed by atoms with van der Waals surface area (Å²) < 4.78 is 0. The van der Waals surface area contributed by atoms with Gasteiger partial charge in [0.15, 0.2) is 0 Å². The average Bonchev–Trinajstić information content (AvgIpc) is 2.25. The summed E-state index contributed by atoms with van der Waals surface area (Å²) in [6.45, 7) is 5.79. The van der Waals surface area contributed by atoms with Crippen LogP contribution < -0.4 is 5.32 Å². The van der Waals surface area contributed by atoms with Crippen LogP contribution in [0.1, 0.15) is 17.3 Å². The van der Waals surface area contributed by atoms with Gasteiger partial charge < -0.3 is 10.4 Å². The van der Waals surface area contributed by atoms with Crippen molar-refractivity contribution >= 4 is 17.3 Å². The summed E-state index contributed by atoms with van der Waals surface area (Å²) in [5, 5.41) is 22.3. The zero-order valence-electron chi connectivity index (χ0n) is 9.27. The van der Waals surface area contributed by atoms with Crippen LogP contribution in [0.3, 0.4) is 0 Å². The minimum absolute atomic E-state index is 0.00292. The largest absolute Gasteiger partial charge is 0.478 e. The first kappa shape index (κ1) is 12.7. The molecule has 90 valence electrons. The first-order valence-corrected chi connectivity index (χ1v) is 4.82. The third-order valence-electron chi connectivity index (χ3n) is 2.02. The number of nitrogens with zero attached hydrogens (tertiary/aromatic N) is 1. The SMILES string of the molecule is C=C(C)CNc1cc([N+](=O)[O-])ccc1C(=O)O. The van der Waals surface area contributed by atoms with Crippen LogP contribution in [0, 0.1) is 10.1 Å². The van der Waals surface area contributed by atoms with E-state index in [2.05, 4.69) is 11.9 Å². The molecular weight excluding hydrogens is 224 g/mol. The highest BCUT2D eigenvalue weighted by Crippen LogP contribution is 2.22. The van der Waals surface area contributed by atoms with Crippen molar-refractivity contribution in [2.24, 2.45) is 0 Å². The Labute approximate surface area is 97.7 Å². The minimum Gasteiger partial charge on any atom is -0.478 e. The average molecular weight is 236 g/mol. The Balaban J connectivity index is 3.11. The Morgan fingerprint density at radius 2 is 2.24 bits per heavy atom. The first-order valence-electron chi connectivity index (χ1n) is 4.82. The van der Waals surface area contributed by atoms with Gasteiger partial charge in [-0.3, -0.25) is 10.1 Å². The number of benzene rings is 1. The number of rotatable bonds is 5. The summed E-state index contributed by atoms with van der Waals surface area (Å²) in [5.74, 6) is -1.14. The maximum atomic E-state index is 10.9. The number of hydrogen-bond acceptors (Lipinski definition) is 4. The maximum absolute atomic E-state index is 10.9. The van der Waals surface area contributed by atoms with Crippen LogP contribution in [0.25, 0.3) is 0 Å². The Morgan fingerprint density at radius 1 is 1.59 bits per heavy atom. The summed E-state index contributed by atoms with van der Waals surface area (Å²) >= 11 is 0. The standard InChI is InChI=1S/C11H12N2O4/c1-7(2)6-12-10-5-8(13(16)17)3-4-9(10)11(14)15/h3-5,12H,1,6H2,2H3,(H,14,15). The minimum atomic E-state index is -1.14. The number of nitro benzene ring substituents is 1. The second-order valence-electron chi connectivity index (χ2n) is 3.60. The lowest BCUT2D eigenvalue weighted by molar-refractivity contribution is -0.384. The van der Waals surface area contributed by atoms with Gasteiger partial charge in [0.2, 0.25) is 0 Å². The molecule has 2 N–H and O–H groups in total. The lowest BCUT2D eigenvalue weighted by Crippen LogP contribution is -2.08. The second-order valence-corrected chi connectivity index (χ2v) is 3.60. The van der Waals surface area contributed by atoms with Crippen LogP contribution in [0.2, 0.25) is 0 Å². The lowest BCUT2D eigenvalue weighted by atomic mass is 10.1. The highest BCUT2D eigenvalue weighted by Gasteiger charge is 2.14. The topological polar surface area (TPSA) is 92.5 Å². The Morgan fingerprint density at radius 3 is 2.71 bits per heavy atom. The molecule has 1 rings (SSSR count). The van der Waals surface area contributed by atoms with Gasteiger partial charge in [-0.2, -0.15) is 0 Å². The summed E-state index contributed by atoms with van der Waals surface area (Å²) in [6.07, 6.45) is 0. The van der Waals surface area contributed by atoms with E-state index in [1.54, 1.807) is 6.92 Å². The molecule has 6 nitrogen and oxygen atoms in total. The van der Waals surface area contributed by atoms with Crippen molar-refractivity contribution in [1.29, 1.82) is 0 Å². The van der Waals surface area contributed by atoms with Gasteiger partial charge in [0, 0.05) is 18.7 Å². The van der Waals surface area contributed by atoms with Crippen LogP contribution in [0.5, 0.6) is 0 Å². The number of nitrogens with one attached hydrogen (secondary N) is 1. The van der Waals surface area contributed by atoms with Crippen molar-refractivity contribution in [2.75, 3.05) is 11.9 Å². The third-order valence-corrected chi connectivity index (χ3v) is 2.02. The Bertz CT molecular complexity index is 482. The van der Waals surface area contributed by atoms with Crippen molar-refractivity contribution in [2.45, 2.75) is 6.92 Å². The highest BCUT2D eigenvalue weighted by atomic mass is 16.6. The third kappa shape index (κ3) is 3.30. The number of aromatic carboxylic acids is 1. The molecule has 0 aromatic heterocycles. The molecule has 0 aliphatic rings. The number of anilines is 1. The molecule has 0 unspecified atom stereocenters. The summed E-state index contributed by atoms with van der Waals surface area (Å²) in [4.78, 5) is 20.9. The molecule has 1 aromatic carbocycles. The number of carboxylic acids is 1. The van der Waals surface area contributed by atoms with Gasteiger partial charge in [-0.25, -0.2) is 4.79 Å². The van der Waals surface area contributed by atoms with Gasteiger partial charge in [-0.05, 0) is 13.0 Å². The number of non-ortho nitro benzene ring substituents is 1. The van der Waals surface area contributed by atoms with Gasteiger partial charge in [-0.15, -0.1) is 0 Å². The van der Waals surface area contributed by atoms with Crippen molar-refractivity contribution in [3.05, 3.63) is 46.0 Å². The molecule has 0 fully saturated rings. The molecule has 0 radical (unpaired) electrons. The molecule has 0 aliphatic carbocycles. The van der Waals surface area contributed by atoms with Crippen LogP contribution in [0.4, 0.5) is 11.4 Å². The van der Waals surface area contributed by atoms with Crippen LogP contribution >= 0.6 is 0 Å². The quantitative estimate of drug-likeness (QED) is 0.464. The van der Waals surface area contributed by atoms with E-state index in [0.717, 1.165) is 11.6 Å². The number of hydrogen-bond donors (Lipinski definition) is 2. The van der Waals surface area contributed by atoms with Crippen molar-refractivity contribution in [3.8, 4) is 0 Å². The van der Waals surface area contributed by atoms with Gasteiger partial charge in [0.1, 0.15) is 0 Å². The Kier molecular flexibility index (Phi) is 3.82. The fourth-order valence-corrected chi connectivity index (χ4v) is 1.22. The Hall–Kier alpha value is -2.37. The molecule has 0 saturated heterocycles. The predicted molar refractivity (Wildman–Crippen MR) is 63.4 cm³/mol. The van der Waals surface area contributed by atoms with Crippen LogP contribution in [-0.4, -0.2) is 22.5 Å². The van der Waals surface area contributed by atoms with Gasteiger partial charge in [0.25, 0.3) is 5.69 Å². The van der Waals surface area contributed by atoms with Crippen LogP contribution in [-0.2, 0) is 0 Å². The van der Waals surface area contributed by atoms with Crippen molar-refractivity contribution in [1.82, 2.24) is 0 Å². The smallest absolute Gasteiger partial charge is 0.337 e. The zero-order valence-corrected chi connectivity index (χ0v) is 9.27. The van der Waals surface area contributed by atoms with Gasteiger partial charge in [0.05, 0.1) is 16.2 Å². The van der Waals surface area contributed by atoms with Crippen molar-refractivity contribution < 1.29 is 14.8 Å². The molecule has 0 saturated carbocycles.